The van der Waals surface area contributed by atoms with Gasteiger partial charge in [-0.1, -0.05) is 41.9 Å². The average molecular weight is 514 g/mol. The standard InChI is InChI=1S/C23H14BrClN2O3S/c24-18-7-3-1-5-16(18)22(28)27-26-13-14-9-11-15(12-10-14)30-23(29)21-20(25)17-6-2-4-8-19(17)31-21/h1-13H,(H,27,28)/b26-13+. The quantitative estimate of drug-likeness (QED) is 0.147. The van der Waals surface area contributed by atoms with E-state index in [1.165, 1.54) is 17.6 Å². The van der Waals surface area contributed by atoms with Gasteiger partial charge in [0.15, 0.2) is 0 Å². The van der Waals surface area contributed by atoms with Gasteiger partial charge in [-0.25, -0.2) is 10.2 Å². The molecule has 0 unspecified atom stereocenters. The van der Waals surface area contributed by atoms with E-state index >= 15 is 0 Å². The number of hydrogen-bond donors (Lipinski definition) is 1. The van der Waals surface area contributed by atoms with E-state index in [1.807, 2.05) is 30.3 Å². The molecule has 5 nitrogen and oxygen atoms in total. The molecule has 0 atom stereocenters. The largest absolute Gasteiger partial charge is 0.422 e. The zero-order valence-electron chi connectivity index (χ0n) is 15.8. The van der Waals surface area contributed by atoms with Crippen molar-refractivity contribution < 1.29 is 14.3 Å². The van der Waals surface area contributed by atoms with Gasteiger partial charge >= 0.3 is 5.97 Å². The third-order valence-corrected chi connectivity index (χ3v) is 6.66. The van der Waals surface area contributed by atoms with Gasteiger partial charge in [0.25, 0.3) is 5.91 Å². The second-order valence-electron chi connectivity index (χ2n) is 6.38. The van der Waals surface area contributed by atoms with Crippen LogP contribution in [-0.4, -0.2) is 18.1 Å². The maximum absolute atomic E-state index is 12.5. The summed E-state index contributed by atoms with van der Waals surface area (Å²) in [6.07, 6.45) is 1.50. The van der Waals surface area contributed by atoms with Crippen molar-refractivity contribution >= 4 is 67.0 Å². The smallest absolute Gasteiger partial charge is 0.355 e. The van der Waals surface area contributed by atoms with E-state index in [2.05, 4.69) is 26.5 Å². The monoisotopic (exact) mass is 512 g/mol. The fourth-order valence-electron chi connectivity index (χ4n) is 2.79. The summed E-state index contributed by atoms with van der Waals surface area (Å²) >= 11 is 11.0. The number of hydrazone groups is 1. The van der Waals surface area contributed by atoms with E-state index in [1.54, 1.807) is 42.5 Å². The Morgan fingerprint density at radius 2 is 1.71 bits per heavy atom. The molecule has 0 aliphatic carbocycles. The summed E-state index contributed by atoms with van der Waals surface area (Å²) in [6.45, 7) is 0. The average Bonchev–Trinajstić information content (AvgIpc) is 3.12. The first-order valence-electron chi connectivity index (χ1n) is 9.10. The molecule has 0 aliphatic heterocycles. The number of fused-ring (bicyclic) bond motifs is 1. The summed E-state index contributed by atoms with van der Waals surface area (Å²) in [5, 5.41) is 5.19. The van der Waals surface area contributed by atoms with Crippen LogP contribution >= 0.6 is 38.9 Å². The number of ether oxygens (including phenoxy) is 1. The van der Waals surface area contributed by atoms with Crippen LogP contribution in [0.3, 0.4) is 0 Å². The molecule has 0 radical (unpaired) electrons. The predicted octanol–water partition coefficient (Wildman–Crippen LogP) is 6.30. The molecule has 4 aromatic rings. The second kappa shape index (κ2) is 9.43. The van der Waals surface area contributed by atoms with E-state index in [0.717, 1.165) is 15.6 Å². The highest BCUT2D eigenvalue weighted by atomic mass is 79.9. The normalized spacial score (nSPS) is 11.0. The summed E-state index contributed by atoms with van der Waals surface area (Å²) in [6, 6.07) is 21.4. The molecule has 1 amide bonds. The topological polar surface area (TPSA) is 67.8 Å². The van der Waals surface area contributed by atoms with Crippen molar-refractivity contribution in [3.63, 3.8) is 0 Å². The van der Waals surface area contributed by atoms with Crippen molar-refractivity contribution in [2.75, 3.05) is 0 Å². The number of nitrogens with zero attached hydrogens (tertiary/aromatic N) is 1. The molecule has 4 rings (SSSR count). The third kappa shape index (κ3) is 4.85. The number of nitrogens with one attached hydrogen (secondary N) is 1. The Bertz CT molecular complexity index is 1300. The zero-order chi connectivity index (χ0) is 21.8. The molecule has 0 bridgehead atoms. The van der Waals surface area contributed by atoms with Gasteiger partial charge in [-0.3, -0.25) is 4.79 Å². The molecule has 0 saturated heterocycles. The fraction of sp³-hybridized carbons (Fsp3) is 0. The molecule has 1 aromatic heterocycles. The van der Waals surface area contributed by atoms with Crippen LogP contribution in [0.4, 0.5) is 0 Å². The highest BCUT2D eigenvalue weighted by molar-refractivity contribution is 9.10. The number of carbonyl (C=O) groups is 2. The molecule has 3 aromatic carbocycles. The van der Waals surface area contributed by atoms with Crippen LogP contribution in [0.15, 0.2) is 82.4 Å². The Labute approximate surface area is 195 Å². The van der Waals surface area contributed by atoms with Gasteiger partial charge in [-0.15, -0.1) is 11.3 Å². The number of thiophene rings is 1. The number of esters is 1. The SMILES string of the molecule is O=C(N/N=C/c1ccc(OC(=O)c2sc3ccccc3c2Cl)cc1)c1ccccc1Br. The van der Waals surface area contributed by atoms with Crippen molar-refractivity contribution in [3.05, 3.63) is 98.3 Å². The van der Waals surface area contributed by atoms with Crippen molar-refractivity contribution in [2.45, 2.75) is 0 Å². The fourth-order valence-corrected chi connectivity index (χ4v) is 4.64. The lowest BCUT2D eigenvalue weighted by molar-refractivity contribution is 0.0739. The summed E-state index contributed by atoms with van der Waals surface area (Å²) in [5.74, 6) is -0.448. The van der Waals surface area contributed by atoms with Crippen LogP contribution < -0.4 is 10.2 Å². The van der Waals surface area contributed by atoms with Gasteiger partial charge in [0.2, 0.25) is 0 Å². The van der Waals surface area contributed by atoms with Gasteiger partial charge in [0.05, 0.1) is 16.8 Å². The Morgan fingerprint density at radius 3 is 2.45 bits per heavy atom. The number of carbonyl (C=O) groups excluding carboxylic acids is 2. The Kier molecular flexibility index (Phi) is 6.46. The first-order valence-corrected chi connectivity index (χ1v) is 11.1. The maximum Gasteiger partial charge on any atom is 0.355 e. The van der Waals surface area contributed by atoms with Gasteiger partial charge < -0.3 is 4.74 Å². The highest BCUT2D eigenvalue weighted by Gasteiger charge is 2.18. The van der Waals surface area contributed by atoms with Gasteiger partial charge in [-0.2, -0.15) is 5.10 Å². The highest BCUT2D eigenvalue weighted by Crippen LogP contribution is 2.35. The molecule has 0 aliphatic rings. The van der Waals surface area contributed by atoms with Crippen LogP contribution in [0.5, 0.6) is 5.75 Å². The molecule has 1 heterocycles. The van der Waals surface area contributed by atoms with Gasteiger partial charge in [-0.05, 0) is 64.0 Å². The number of halogens is 2. The number of hydrogen-bond acceptors (Lipinski definition) is 5. The van der Waals surface area contributed by atoms with Crippen LogP contribution in [0.25, 0.3) is 10.1 Å². The molecule has 0 saturated carbocycles. The second-order valence-corrected chi connectivity index (χ2v) is 8.66. The summed E-state index contributed by atoms with van der Waals surface area (Å²) in [5.41, 5.74) is 3.69. The van der Waals surface area contributed by atoms with E-state index in [4.69, 9.17) is 16.3 Å². The first-order chi connectivity index (χ1) is 15.0. The Hall–Kier alpha value is -3.00. The first kappa shape index (κ1) is 21.2. The Morgan fingerprint density at radius 1 is 1.00 bits per heavy atom. The van der Waals surface area contributed by atoms with E-state index in [9.17, 15) is 9.59 Å². The minimum atomic E-state index is -0.506. The lowest BCUT2D eigenvalue weighted by Gasteiger charge is -2.04. The molecular formula is C23H14BrClN2O3S. The van der Waals surface area contributed by atoms with Crippen molar-refractivity contribution in [3.8, 4) is 5.75 Å². The van der Waals surface area contributed by atoms with Gasteiger partial charge in [0, 0.05) is 14.6 Å². The van der Waals surface area contributed by atoms with Crippen LogP contribution in [0.2, 0.25) is 5.02 Å². The molecule has 154 valence electrons. The molecule has 8 heteroatoms. The minimum Gasteiger partial charge on any atom is -0.422 e. The van der Waals surface area contributed by atoms with E-state index in [0.29, 0.717) is 25.7 Å². The molecule has 31 heavy (non-hydrogen) atoms. The van der Waals surface area contributed by atoms with Crippen molar-refractivity contribution in [2.24, 2.45) is 5.10 Å². The number of amides is 1. The molecule has 0 spiro atoms. The summed E-state index contributed by atoms with van der Waals surface area (Å²) in [4.78, 5) is 25.0. The summed E-state index contributed by atoms with van der Waals surface area (Å²) in [7, 11) is 0. The number of benzene rings is 3. The summed E-state index contributed by atoms with van der Waals surface area (Å²) < 4.78 is 7.06. The van der Waals surface area contributed by atoms with Crippen LogP contribution in [0, 0.1) is 0 Å². The van der Waals surface area contributed by atoms with E-state index in [-0.39, 0.29) is 5.91 Å². The van der Waals surface area contributed by atoms with Crippen LogP contribution in [0.1, 0.15) is 25.6 Å². The molecule has 0 fully saturated rings. The lowest BCUT2D eigenvalue weighted by Crippen LogP contribution is -2.18. The maximum atomic E-state index is 12.5. The lowest BCUT2D eigenvalue weighted by atomic mass is 10.2. The number of rotatable bonds is 5. The molecular weight excluding hydrogens is 500 g/mol. The zero-order valence-corrected chi connectivity index (χ0v) is 19.0. The van der Waals surface area contributed by atoms with Gasteiger partial charge in [0.1, 0.15) is 10.6 Å². The van der Waals surface area contributed by atoms with Crippen molar-refractivity contribution in [1.29, 1.82) is 0 Å². The van der Waals surface area contributed by atoms with Crippen LogP contribution in [-0.2, 0) is 0 Å². The predicted molar refractivity (Wildman–Crippen MR) is 127 cm³/mol. The molecule has 1 N–H and O–H groups in total. The van der Waals surface area contributed by atoms with E-state index < -0.39 is 5.97 Å². The Balaban J connectivity index is 1.39. The minimum absolute atomic E-state index is 0.325. The third-order valence-electron chi connectivity index (χ3n) is 4.31. The van der Waals surface area contributed by atoms with Crippen molar-refractivity contribution in [1.82, 2.24) is 5.43 Å².